The van der Waals surface area contributed by atoms with Gasteiger partial charge in [-0.3, -0.25) is 19.2 Å². The van der Waals surface area contributed by atoms with Gasteiger partial charge in [-0.05, 0) is 26.7 Å². The molecule has 138 valence electrons. The lowest BCUT2D eigenvalue weighted by Gasteiger charge is -2.23. The van der Waals surface area contributed by atoms with Gasteiger partial charge in [0.2, 0.25) is 0 Å². The van der Waals surface area contributed by atoms with Gasteiger partial charge in [-0.2, -0.15) is 0 Å². The van der Waals surface area contributed by atoms with Crippen molar-refractivity contribution < 1.29 is 38.1 Å². The van der Waals surface area contributed by atoms with Crippen molar-refractivity contribution in [1.29, 1.82) is 0 Å². The van der Waals surface area contributed by atoms with Crippen LogP contribution in [0.5, 0.6) is 0 Å². The van der Waals surface area contributed by atoms with Crippen LogP contribution >= 0.6 is 0 Å². The maximum Gasteiger partial charge on any atom is 0.310 e. The molecule has 8 heteroatoms. The molecule has 0 aliphatic carbocycles. The molecule has 2 unspecified atom stereocenters. The molecule has 8 nitrogen and oxygen atoms in total. The second-order valence-corrected chi connectivity index (χ2v) is 4.97. The van der Waals surface area contributed by atoms with Crippen molar-refractivity contribution in [3.63, 3.8) is 0 Å². The maximum atomic E-state index is 12.2. The van der Waals surface area contributed by atoms with Crippen LogP contribution in [0.2, 0.25) is 0 Å². The molecular weight excluding hydrogens is 320 g/mol. The Kier molecular flexibility index (Phi) is 11.2. The van der Waals surface area contributed by atoms with Crippen molar-refractivity contribution in [2.75, 3.05) is 27.4 Å². The Balaban J connectivity index is 5.15. The minimum Gasteiger partial charge on any atom is -0.469 e. The first-order valence-corrected chi connectivity index (χ1v) is 7.88. The Morgan fingerprint density at radius 1 is 0.792 bits per heavy atom. The third kappa shape index (κ3) is 7.94. The zero-order valence-electron chi connectivity index (χ0n) is 14.7. The predicted octanol–water partition coefficient (Wildman–Crippen LogP) is 1.25. The van der Waals surface area contributed by atoms with Gasteiger partial charge in [0.15, 0.2) is 0 Å². The highest BCUT2D eigenvalue weighted by molar-refractivity contribution is 5.86. The van der Waals surface area contributed by atoms with E-state index in [9.17, 15) is 19.2 Å². The first kappa shape index (κ1) is 21.9. The normalized spacial score (nSPS) is 12.7. The number of methoxy groups -OCH3 is 2. The van der Waals surface area contributed by atoms with Crippen LogP contribution in [0.4, 0.5) is 0 Å². The number of hydrogen-bond acceptors (Lipinski definition) is 8. The van der Waals surface area contributed by atoms with Gasteiger partial charge in [-0.25, -0.2) is 0 Å². The van der Waals surface area contributed by atoms with E-state index in [0.29, 0.717) is 6.42 Å². The van der Waals surface area contributed by atoms with E-state index in [-0.39, 0.29) is 32.5 Å². The predicted molar refractivity (Wildman–Crippen MR) is 82.7 cm³/mol. The number of carbonyl (C=O) groups excluding carboxylic acids is 4. The molecule has 0 aromatic carbocycles. The van der Waals surface area contributed by atoms with Crippen LogP contribution in [0.1, 0.15) is 39.5 Å². The molecule has 0 aliphatic rings. The summed E-state index contributed by atoms with van der Waals surface area (Å²) in [7, 11) is 2.46. The van der Waals surface area contributed by atoms with Crippen LogP contribution in [-0.4, -0.2) is 51.3 Å². The highest BCUT2D eigenvalue weighted by atomic mass is 16.5. The van der Waals surface area contributed by atoms with E-state index in [2.05, 4.69) is 4.74 Å². The average molecular weight is 346 g/mol. The first-order chi connectivity index (χ1) is 11.4. The van der Waals surface area contributed by atoms with Gasteiger partial charge in [-0.1, -0.05) is 0 Å². The summed E-state index contributed by atoms with van der Waals surface area (Å²) in [5.74, 6) is -4.24. The fourth-order valence-corrected chi connectivity index (χ4v) is 2.24. The summed E-state index contributed by atoms with van der Waals surface area (Å²) in [5, 5.41) is 0. The lowest BCUT2D eigenvalue weighted by molar-refractivity contribution is -0.163. The zero-order chi connectivity index (χ0) is 18.5. The molecule has 0 fully saturated rings. The molecule has 0 radical (unpaired) electrons. The first-order valence-electron chi connectivity index (χ1n) is 7.88. The van der Waals surface area contributed by atoms with E-state index in [0.717, 1.165) is 0 Å². The van der Waals surface area contributed by atoms with E-state index < -0.39 is 35.7 Å². The Bertz CT molecular complexity index is 432. The molecule has 24 heavy (non-hydrogen) atoms. The molecule has 0 rings (SSSR count). The van der Waals surface area contributed by atoms with Gasteiger partial charge >= 0.3 is 23.9 Å². The van der Waals surface area contributed by atoms with E-state index in [1.165, 1.54) is 14.2 Å². The Morgan fingerprint density at radius 2 is 1.42 bits per heavy atom. The summed E-state index contributed by atoms with van der Waals surface area (Å²) in [4.78, 5) is 47.2. The quantitative estimate of drug-likeness (QED) is 0.406. The number of ether oxygens (including phenoxy) is 4. The molecule has 0 amide bonds. The smallest absolute Gasteiger partial charge is 0.310 e. The van der Waals surface area contributed by atoms with Gasteiger partial charge in [0, 0.05) is 6.42 Å². The average Bonchev–Trinajstić information content (AvgIpc) is 2.56. The van der Waals surface area contributed by atoms with Gasteiger partial charge in [0.05, 0.1) is 45.7 Å². The molecule has 2 atom stereocenters. The van der Waals surface area contributed by atoms with E-state index in [1.54, 1.807) is 13.8 Å². The molecule has 0 aromatic rings. The molecule has 0 bridgehead atoms. The van der Waals surface area contributed by atoms with Crippen LogP contribution in [0.15, 0.2) is 0 Å². The molecule has 0 spiro atoms. The standard InChI is InChI=1S/C16H26O8/c1-5-23-14(18)10-12(16(20)24-6-2)11(15(19)22-4)8-7-9-13(17)21-3/h11-12H,5-10H2,1-4H3. The highest BCUT2D eigenvalue weighted by Crippen LogP contribution is 2.25. The molecule has 0 N–H and O–H groups in total. The highest BCUT2D eigenvalue weighted by Gasteiger charge is 2.37. The number of rotatable bonds is 11. The molecule has 0 saturated carbocycles. The van der Waals surface area contributed by atoms with Gasteiger partial charge < -0.3 is 18.9 Å². The Morgan fingerprint density at radius 3 is 1.92 bits per heavy atom. The van der Waals surface area contributed by atoms with Crippen molar-refractivity contribution in [3.8, 4) is 0 Å². The van der Waals surface area contributed by atoms with Gasteiger partial charge in [-0.15, -0.1) is 0 Å². The SMILES string of the molecule is CCOC(=O)CC(C(=O)OCC)C(CCCC(=O)OC)C(=O)OC. The maximum absolute atomic E-state index is 12.2. The summed E-state index contributed by atoms with van der Waals surface area (Å²) >= 11 is 0. The summed E-state index contributed by atoms with van der Waals surface area (Å²) < 4.78 is 19.1. The Hall–Kier alpha value is -2.12. The van der Waals surface area contributed by atoms with Gasteiger partial charge in [0.25, 0.3) is 0 Å². The minimum absolute atomic E-state index is 0.0962. The summed E-state index contributed by atoms with van der Waals surface area (Å²) in [5.41, 5.74) is 0. The van der Waals surface area contributed by atoms with Crippen molar-refractivity contribution in [2.45, 2.75) is 39.5 Å². The third-order valence-corrected chi connectivity index (χ3v) is 3.39. The van der Waals surface area contributed by atoms with Crippen molar-refractivity contribution in [1.82, 2.24) is 0 Å². The third-order valence-electron chi connectivity index (χ3n) is 3.39. The zero-order valence-corrected chi connectivity index (χ0v) is 14.7. The fourth-order valence-electron chi connectivity index (χ4n) is 2.24. The van der Waals surface area contributed by atoms with Gasteiger partial charge in [0.1, 0.15) is 0 Å². The lowest BCUT2D eigenvalue weighted by Crippen LogP contribution is -2.34. The van der Waals surface area contributed by atoms with Crippen molar-refractivity contribution in [2.24, 2.45) is 11.8 Å². The van der Waals surface area contributed by atoms with Crippen LogP contribution in [-0.2, 0) is 38.1 Å². The number of hydrogen-bond donors (Lipinski definition) is 0. The molecule has 0 aromatic heterocycles. The largest absolute Gasteiger partial charge is 0.469 e. The number of carbonyl (C=O) groups is 4. The van der Waals surface area contributed by atoms with Crippen LogP contribution in [0, 0.1) is 11.8 Å². The summed E-state index contributed by atoms with van der Waals surface area (Å²) in [6.07, 6.45) is 0.305. The second kappa shape index (κ2) is 12.3. The van der Waals surface area contributed by atoms with Crippen LogP contribution < -0.4 is 0 Å². The topological polar surface area (TPSA) is 105 Å². The van der Waals surface area contributed by atoms with Crippen molar-refractivity contribution >= 4 is 23.9 Å². The lowest BCUT2D eigenvalue weighted by atomic mass is 9.85. The Labute approximate surface area is 141 Å². The van der Waals surface area contributed by atoms with E-state index >= 15 is 0 Å². The number of esters is 4. The molecule has 0 heterocycles. The van der Waals surface area contributed by atoms with E-state index in [1.807, 2.05) is 0 Å². The van der Waals surface area contributed by atoms with Crippen molar-refractivity contribution in [3.05, 3.63) is 0 Å². The van der Waals surface area contributed by atoms with Crippen LogP contribution in [0.25, 0.3) is 0 Å². The minimum atomic E-state index is -1.02. The molecule has 0 saturated heterocycles. The van der Waals surface area contributed by atoms with E-state index in [4.69, 9.17) is 14.2 Å². The monoisotopic (exact) mass is 346 g/mol. The summed E-state index contributed by atoms with van der Waals surface area (Å²) in [6.45, 7) is 3.56. The molecular formula is C16H26O8. The molecule has 0 aliphatic heterocycles. The summed E-state index contributed by atoms with van der Waals surface area (Å²) in [6, 6.07) is 0. The second-order valence-electron chi connectivity index (χ2n) is 4.97. The fraction of sp³-hybridized carbons (Fsp3) is 0.750. The van der Waals surface area contributed by atoms with Crippen LogP contribution in [0.3, 0.4) is 0 Å².